The monoisotopic (exact) mass is 385 g/mol. The number of hydrogen-bond donors (Lipinski definition) is 1. The van der Waals surface area contributed by atoms with Crippen LogP contribution in [-0.2, 0) is 10.3 Å². The highest BCUT2D eigenvalue weighted by molar-refractivity contribution is 8.14. The number of benzene rings is 1. The number of hydrogen-bond acceptors (Lipinski definition) is 6. The van der Waals surface area contributed by atoms with Gasteiger partial charge in [0.1, 0.15) is 23.0 Å². The molecule has 0 unspecified atom stereocenters. The summed E-state index contributed by atoms with van der Waals surface area (Å²) >= 11 is 1.53. The van der Waals surface area contributed by atoms with E-state index in [1.54, 1.807) is 12.1 Å². The van der Waals surface area contributed by atoms with Gasteiger partial charge in [-0.3, -0.25) is 0 Å². The molecule has 2 aromatic rings. The van der Waals surface area contributed by atoms with E-state index >= 15 is 0 Å². The fraction of sp³-hybridized carbons (Fsp3) is 0.400. The van der Waals surface area contributed by atoms with Crippen LogP contribution in [0.15, 0.2) is 41.5 Å². The van der Waals surface area contributed by atoms with E-state index < -0.39 is 17.1 Å². The Kier molecular flexibility index (Phi) is 3.74. The van der Waals surface area contributed by atoms with Crippen LogP contribution in [0.4, 0.5) is 4.39 Å². The minimum Gasteiger partial charge on any atom is -0.484 e. The average molecular weight is 385 g/mol. The first-order valence-electron chi connectivity index (χ1n) is 9.06. The van der Waals surface area contributed by atoms with Gasteiger partial charge in [0.25, 0.3) is 0 Å². The van der Waals surface area contributed by atoms with Crippen molar-refractivity contribution in [2.24, 2.45) is 10.7 Å². The third kappa shape index (κ3) is 2.48. The first kappa shape index (κ1) is 17.0. The molecular weight excluding hydrogens is 365 g/mol. The third-order valence-electron chi connectivity index (χ3n) is 5.70. The smallest absolute Gasteiger partial charge is 0.220 e. The summed E-state index contributed by atoms with van der Waals surface area (Å²) in [6.45, 7) is 2.77. The van der Waals surface area contributed by atoms with Gasteiger partial charge in [-0.25, -0.2) is 9.98 Å². The molecule has 0 radical (unpaired) electrons. The highest BCUT2D eigenvalue weighted by atomic mass is 32.2. The standard InChI is InChI=1S/C20H20FN3O2S/c1-19-7-3-9-25-17(19)20(11-27-18(22)24-20)14-10-12(5-6-15(14)26-19)13-4-2-8-23-16(13)21/h2,4-6,8,10,17H,3,7,9,11H2,1H3,(H2,22,24)/t17-,19-,20-/m0/s1. The molecular formula is C20H20FN3O2S. The van der Waals surface area contributed by atoms with Crippen molar-refractivity contribution in [3.05, 3.63) is 48.0 Å². The van der Waals surface area contributed by atoms with Crippen molar-refractivity contribution in [2.75, 3.05) is 12.4 Å². The van der Waals surface area contributed by atoms with Crippen molar-refractivity contribution >= 4 is 16.9 Å². The van der Waals surface area contributed by atoms with Gasteiger partial charge in [-0.15, -0.1) is 0 Å². The van der Waals surface area contributed by atoms with E-state index in [1.807, 2.05) is 18.2 Å². The fourth-order valence-corrected chi connectivity index (χ4v) is 5.48. The second kappa shape index (κ2) is 5.94. The number of nitrogens with zero attached hydrogens (tertiary/aromatic N) is 2. The Hall–Kier alpha value is -2.12. The molecule has 27 heavy (non-hydrogen) atoms. The van der Waals surface area contributed by atoms with E-state index in [0.29, 0.717) is 23.1 Å². The van der Waals surface area contributed by atoms with Crippen molar-refractivity contribution in [2.45, 2.75) is 37.0 Å². The Bertz CT molecular complexity index is 953. The topological polar surface area (TPSA) is 69.7 Å². The van der Waals surface area contributed by atoms with Crippen molar-refractivity contribution < 1.29 is 13.9 Å². The van der Waals surface area contributed by atoms with Crippen molar-refractivity contribution in [1.82, 2.24) is 4.98 Å². The second-order valence-electron chi connectivity index (χ2n) is 7.48. The Morgan fingerprint density at radius 2 is 2.22 bits per heavy atom. The maximum absolute atomic E-state index is 14.2. The van der Waals surface area contributed by atoms with Crippen LogP contribution in [0.25, 0.3) is 11.1 Å². The first-order chi connectivity index (χ1) is 13.0. The molecule has 1 aromatic heterocycles. The van der Waals surface area contributed by atoms with Gasteiger partial charge in [-0.2, -0.15) is 4.39 Å². The van der Waals surface area contributed by atoms with Crippen LogP contribution >= 0.6 is 11.8 Å². The molecule has 1 fully saturated rings. The Balaban J connectivity index is 1.71. The zero-order valence-corrected chi connectivity index (χ0v) is 15.8. The number of aliphatic imine (C=N–C) groups is 1. The van der Waals surface area contributed by atoms with E-state index in [2.05, 4.69) is 11.9 Å². The Morgan fingerprint density at radius 3 is 3.00 bits per heavy atom. The van der Waals surface area contributed by atoms with Crippen molar-refractivity contribution in [3.63, 3.8) is 0 Å². The minimum absolute atomic E-state index is 0.228. The maximum atomic E-state index is 14.2. The summed E-state index contributed by atoms with van der Waals surface area (Å²) in [5, 5.41) is 0.553. The predicted molar refractivity (Wildman–Crippen MR) is 103 cm³/mol. The number of pyridine rings is 1. The molecule has 3 aliphatic rings. The Labute approximate surface area is 161 Å². The van der Waals surface area contributed by atoms with Crippen molar-refractivity contribution in [1.29, 1.82) is 0 Å². The molecule has 4 heterocycles. The lowest BCUT2D eigenvalue weighted by Crippen LogP contribution is -2.62. The van der Waals surface area contributed by atoms with Crippen LogP contribution in [0.3, 0.4) is 0 Å². The summed E-state index contributed by atoms with van der Waals surface area (Å²) in [6, 6.07) is 9.18. The van der Waals surface area contributed by atoms with Crippen molar-refractivity contribution in [3.8, 4) is 16.9 Å². The highest BCUT2D eigenvalue weighted by Crippen LogP contribution is 2.54. The summed E-state index contributed by atoms with van der Waals surface area (Å²) in [5.74, 6) is 0.964. The van der Waals surface area contributed by atoms with E-state index in [4.69, 9.17) is 20.2 Å². The zero-order chi connectivity index (χ0) is 18.6. The van der Waals surface area contributed by atoms with Crippen LogP contribution in [0, 0.1) is 5.95 Å². The molecule has 0 bridgehead atoms. The number of nitrogens with two attached hydrogens (primary N) is 1. The van der Waals surface area contributed by atoms with E-state index in [1.165, 1.54) is 18.0 Å². The quantitative estimate of drug-likeness (QED) is 0.761. The zero-order valence-electron chi connectivity index (χ0n) is 14.9. The maximum Gasteiger partial charge on any atom is 0.220 e. The molecule has 3 aliphatic heterocycles. The lowest BCUT2D eigenvalue weighted by Gasteiger charge is -2.52. The van der Waals surface area contributed by atoms with Gasteiger partial charge in [0, 0.05) is 29.7 Å². The minimum atomic E-state index is -0.619. The summed E-state index contributed by atoms with van der Waals surface area (Å²) in [7, 11) is 0. The molecule has 1 saturated heterocycles. The first-order valence-corrected chi connectivity index (χ1v) is 10.0. The summed E-state index contributed by atoms with van der Waals surface area (Å²) in [6.07, 6.45) is 3.07. The van der Waals surface area contributed by atoms with Gasteiger partial charge >= 0.3 is 0 Å². The van der Waals surface area contributed by atoms with Gasteiger partial charge in [-0.05, 0) is 49.6 Å². The molecule has 1 aromatic carbocycles. The lowest BCUT2D eigenvalue weighted by atomic mass is 9.72. The number of amidine groups is 1. The van der Waals surface area contributed by atoms with Crippen LogP contribution in [0.2, 0.25) is 0 Å². The number of thioether (sulfide) groups is 1. The van der Waals surface area contributed by atoms with Gasteiger partial charge in [0.15, 0.2) is 5.17 Å². The molecule has 0 amide bonds. The number of halogens is 1. The number of fused-ring (bicyclic) bond motifs is 4. The number of ether oxygens (including phenoxy) is 2. The average Bonchev–Trinajstić information content (AvgIpc) is 3.04. The number of aromatic nitrogens is 1. The molecule has 5 rings (SSSR count). The summed E-state index contributed by atoms with van der Waals surface area (Å²) in [4.78, 5) is 8.62. The normalized spacial score (nSPS) is 31.8. The third-order valence-corrected chi connectivity index (χ3v) is 6.67. The van der Waals surface area contributed by atoms with Crippen LogP contribution in [-0.4, -0.2) is 34.2 Å². The molecule has 140 valence electrons. The van der Waals surface area contributed by atoms with Crippen LogP contribution < -0.4 is 10.5 Å². The lowest BCUT2D eigenvalue weighted by molar-refractivity contribution is -0.160. The number of rotatable bonds is 1. The SMILES string of the molecule is C[C@]12CCCO[C@@H]1[C@]1(CSC(N)=N1)c1cc(-c3cccnc3F)ccc1O2. The molecule has 7 heteroatoms. The second-order valence-corrected chi connectivity index (χ2v) is 8.48. The molecule has 3 atom stereocenters. The molecule has 0 saturated carbocycles. The summed E-state index contributed by atoms with van der Waals surface area (Å²) < 4.78 is 26.9. The molecule has 5 nitrogen and oxygen atoms in total. The molecule has 1 spiro atoms. The molecule has 0 aliphatic carbocycles. The Morgan fingerprint density at radius 1 is 1.33 bits per heavy atom. The van der Waals surface area contributed by atoms with Gasteiger partial charge < -0.3 is 15.2 Å². The van der Waals surface area contributed by atoms with Crippen LogP contribution in [0.1, 0.15) is 25.3 Å². The molecule has 2 N–H and O–H groups in total. The van der Waals surface area contributed by atoms with E-state index in [0.717, 1.165) is 29.7 Å². The van der Waals surface area contributed by atoms with Gasteiger partial charge in [0.05, 0.1) is 0 Å². The highest BCUT2D eigenvalue weighted by Gasteiger charge is 2.59. The van der Waals surface area contributed by atoms with E-state index in [9.17, 15) is 4.39 Å². The predicted octanol–water partition coefficient (Wildman–Crippen LogP) is 3.47. The van der Waals surface area contributed by atoms with E-state index in [-0.39, 0.29) is 6.10 Å². The fourth-order valence-electron chi connectivity index (χ4n) is 4.52. The van der Waals surface area contributed by atoms with Gasteiger partial charge in [0.2, 0.25) is 5.95 Å². The summed E-state index contributed by atoms with van der Waals surface area (Å²) in [5.41, 5.74) is 7.11. The van der Waals surface area contributed by atoms with Crippen LogP contribution in [0.5, 0.6) is 5.75 Å². The largest absolute Gasteiger partial charge is 0.484 e. The van der Waals surface area contributed by atoms with Gasteiger partial charge in [-0.1, -0.05) is 17.8 Å².